The highest BCUT2D eigenvalue weighted by atomic mass is 35.5. The topological polar surface area (TPSA) is 111 Å². The molecule has 9 nitrogen and oxygen atoms in total. The molecule has 0 radical (unpaired) electrons. The second kappa shape index (κ2) is 10.5. The number of benzene rings is 2. The molecule has 2 aromatic carbocycles. The van der Waals surface area contributed by atoms with Gasteiger partial charge >= 0.3 is 18.2 Å². The monoisotopic (exact) mass is 592 g/mol. The first-order valence-corrected chi connectivity index (χ1v) is 11.7. The van der Waals surface area contributed by atoms with Crippen LogP contribution in [-0.2, 0) is 13.6 Å². The molecular formula is C24H19ClF6N4O5. The van der Waals surface area contributed by atoms with E-state index < -0.39 is 53.9 Å². The van der Waals surface area contributed by atoms with Gasteiger partial charge in [-0.05, 0) is 42.8 Å². The number of aromatic amines is 1. The summed E-state index contributed by atoms with van der Waals surface area (Å²) < 4.78 is 90.0. The Bertz CT molecular complexity index is 1660. The summed E-state index contributed by atoms with van der Waals surface area (Å²) in [6, 6.07) is 9.76. The van der Waals surface area contributed by atoms with Crippen molar-refractivity contribution >= 4 is 22.8 Å². The number of ether oxygens (including phenoxy) is 2. The normalized spacial score (nSPS) is 13.8. The summed E-state index contributed by atoms with van der Waals surface area (Å²) in [5.74, 6) is -1.26. The fourth-order valence-electron chi connectivity index (χ4n) is 3.89. The van der Waals surface area contributed by atoms with E-state index >= 15 is 0 Å². The van der Waals surface area contributed by atoms with Crippen LogP contribution < -0.4 is 20.7 Å². The van der Waals surface area contributed by atoms with Gasteiger partial charge in [-0.3, -0.25) is 14.3 Å². The van der Waals surface area contributed by atoms with Crippen molar-refractivity contribution in [1.82, 2.24) is 19.1 Å². The second-order valence-corrected chi connectivity index (χ2v) is 9.05. The summed E-state index contributed by atoms with van der Waals surface area (Å²) in [6.07, 6.45) is -13.9. The van der Waals surface area contributed by atoms with E-state index in [4.69, 9.17) is 16.3 Å². The summed E-state index contributed by atoms with van der Waals surface area (Å²) in [4.78, 5) is 30.7. The molecule has 2 atom stereocenters. The Morgan fingerprint density at radius 1 is 1.05 bits per heavy atom. The largest absolute Gasteiger partial charge is 0.573 e. The van der Waals surface area contributed by atoms with Gasteiger partial charge in [-0.2, -0.15) is 13.2 Å². The molecule has 4 aromatic rings. The molecule has 0 aliphatic rings. The van der Waals surface area contributed by atoms with E-state index in [1.54, 1.807) is 31.2 Å². The maximum atomic E-state index is 13.3. The molecule has 0 saturated heterocycles. The Hall–Kier alpha value is -3.98. The molecule has 0 spiro atoms. The summed E-state index contributed by atoms with van der Waals surface area (Å²) in [5.41, 5.74) is -2.63. The van der Waals surface area contributed by atoms with Gasteiger partial charge in [0.2, 0.25) is 0 Å². The lowest BCUT2D eigenvalue weighted by Gasteiger charge is -2.19. The van der Waals surface area contributed by atoms with Crippen LogP contribution >= 0.6 is 11.6 Å². The highest BCUT2D eigenvalue weighted by molar-refractivity contribution is 6.30. The van der Waals surface area contributed by atoms with Crippen molar-refractivity contribution in [3.05, 3.63) is 73.9 Å². The van der Waals surface area contributed by atoms with Crippen LogP contribution in [0.1, 0.15) is 18.6 Å². The number of nitrogens with zero attached hydrogens (tertiary/aromatic N) is 3. The fraction of sp³-hybridized carbons (Fsp3) is 0.292. The van der Waals surface area contributed by atoms with E-state index in [-0.39, 0.29) is 22.7 Å². The van der Waals surface area contributed by atoms with Gasteiger partial charge in [0, 0.05) is 17.6 Å². The van der Waals surface area contributed by atoms with Crippen LogP contribution in [0, 0.1) is 0 Å². The fourth-order valence-corrected chi connectivity index (χ4v) is 4.02. The number of fused-ring (bicyclic) bond motifs is 1. The Balaban J connectivity index is 1.81. The predicted octanol–water partition coefficient (Wildman–Crippen LogP) is 4.71. The number of H-pyrrole nitrogens is 1. The molecule has 2 N–H and O–H groups in total. The van der Waals surface area contributed by atoms with Crippen LogP contribution in [0.4, 0.5) is 26.3 Å². The molecule has 214 valence electrons. The van der Waals surface area contributed by atoms with Crippen LogP contribution in [0.5, 0.6) is 11.5 Å². The third-order valence-corrected chi connectivity index (χ3v) is 6.07. The van der Waals surface area contributed by atoms with Gasteiger partial charge in [0.05, 0.1) is 6.54 Å². The van der Waals surface area contributed by atoms with Gasteiger partial charge in [0.15, 0.2) is 28.8 Å². The van der Waals surface area contributed by atoms with E-state index in [0.717, 1.165) is 16.7 Å². The minimum Gasteiger partial charge on any atom is -0.482 e. The van der Waals surface area contributed by atoms with Crippen LogP contribution in [-0.4, -0.2) is 42.9 Å². The lowest BCUT2D eigenvalue weighted by molar-refractivity contribution is -0.275. The molecule has 0 amide bonds. The Morgan fingerprint density at radius 3 is 2.30 bits per heavy atom. The second-order valence-electron chi connectivity index (χ2n) is 8.61. The molecular weight excluding hydrogens is 574 g/mol. The molecule has 0 bridgehead atoms. The zero-order chi connectivity index (χ0) is 29.6. The van der Waals surface area contributed by atoms with Crippen molar-refractivity contribution in [2.75, 3.05) is 0 Å². The molecule has 0 saturated carbocycles. The molecule has 16 heteroatoms. The number of aliphatic hydroxyl groups excluding tert-OH is 1. The van der Waals surface area contributed by atoms with Gasteiger partial charge in [-0.15, -0.1) is 13.2 Å². The Morgan fingerprint density at radius 2 is 1.70 bits per heavy atom. The van der Waals surface area contributed by atoms with Crippen LogP contribution in [0.3, 0.4) is 0 Å². The number of aliphatic hydroxyl groups is 1. The van der Waals surface area contributed by atoms with Gasteiger partial charge in [-0.1, -0.05) is 23.7 Å². The lowest BCUT2D eigenvalue weighted by Crippen LogP contribution is -2.39. The van der Waals surface area contributed by atoms with Gasteiger partial charge < -0.3 is 19.1 Å². The number of nitrogens with one attached hydrogen (secondary N) is 1. The minimum absolute atomic E-state index is 0.0563. The first-order chi connectivity index (χ1) is 18.5. The highest BCUT2D eigenvalue weighted by Gasteiger charge is 2.39. The van der Waals surface area contributed by atoms with Crippen LogP contribution in [0.15, 0.2) is 52.1 Å². The van der Waals surface area contributed by atoms with Crippen LogP contribution in [0.25, 0.3) is 22.6 Å². The van der Waals surface area contributed by atoms with E-state index in [2.05, 4.69) is 9.72 Å². The minimum atomic E-state index is -5.13. The van der Waals surface area contributed by atoms with E-state index in [1.807, 2.05) is 4.98 Å². The number of hydrogen-bond acceptors (Lipinski definition) is 6. The SMILES string of the molecule is C[C@@H](Oc1ccc(-c2nc3c(c(=O)[nH]c(=O)n3C[C@@H](O)C(F)(F)F)n2C)cc1OC(F)(F)F)c1ccc(Cl)cc1. The van der Waals surface area contributed by atoms with Crippen molar-refractivity contribution in [3.8, 4) is 22.9 Å². The molecule has 40 heavy (non-hydrogen) atoms. The van der Waals surface area contributed by atoms with Gasteiger partial charge in [0.1, 0.15) is 11.9 Å². The number of aryl methyl sites for hydroxylation is 1. The van der Waals surface area contributed by atoms with Crippen molar-refractivity contribution in [2.24, 2.45) is 7.05 Å². The average molecular weight is 593 g/mol. The third-order valence-electron chi connectivity index (χ3n) is 5.82. The van der Waals surface area contributed by atoms with E-state index in [9.17, 15) is 41.0 Å². The van der Waals surface area contributed by atoms with Crippen molar-refractivity contribution in [1.29, 1.82) is 0 Å². The zero-order valence-electron chi connectivity index (χ0n) is 20.5. The number of rotatable bonds is 7. The quantitative estimate of drug-likeness (QED) is 0.301. The zero-order valence-corrected chi connectivity index (χ0v) is 21.2. The number of alkyl halides is 6. The lowest BCUT2D eigenvalue weighted by atomic mass is 10.1. The maximum absolute atomic E-state index is 13.3. The van der Waals surface area contributed by atoms with Crippen molar-refractivity contribution in [2.45, 2.75) is 38.2 Å². The van der Waals surface area contributed by atoms with Crippen molar-refractivity contribution in [3.63, 3.8) is 0 Å². The van der Waals surface area contributed by atoms with Crippen molar-refractivity contribution < 1.29 is 40.9 Å². The average Bonchev–Trinajstić information content (AvgIpc) is 3.19. The van der Waals surface area contributed by atoms with E-state index in [1.165, 1.54) is 13.1 Å². The molecule has 4 rings (SSSR count). The first-order valence-electron chi connectivity index (χ1n) is 11.3. The van der Waals surface area contributed by atoms with Crippen LogP contribution in [0.2, 0.25) is 5.02 Å². The Labute approximate surface area is 225 Å². The molecule has 0 fully saturated rings. The number of aromatic nitrogens is 4. The highest BCUT2D eigenvalue weighted by Crippen LogP contribution is 2.38. The number of imidazole rings is 1. The van der Waals surface area contributed by atoms with E-state index in [0.29, 0.717) is 15.2 Å². The summed E-state index contributed by atoms with van der Waals surface area (Å²) >= 11 is 5.87. The molecule has 0 aliphatic heterocycles. The number of hydrogen-bond donors (Lipinski definition) is 2. The summed E-state index contributed by atoms with van der Waals surface area (Å²) in [5, 5.41) is 9.92. The maximum Gasteiger partial charge on any atom is 0.573 e. The summed E-state index contributed by atoms with van der Waals surface area (Å²) in [7, 11) is 1.27. The molecule has 0 aliphatic carbocycles. The Kier molecular flexibility index (Phi) is 7.64. The molecule has 2 heterocycles. The number of halogens is 7. The molecule has 2 aromatic heterocycles. The smallest absolute Gasteiger partial charge is 0.482 e. The summed E-state index contributed by atoms with van der Waals surface area (Å²) in [6.45, 7) is 0.296. The molecule has 0 unspecified atom stereocenters. The standard InChI is InChI=1S/C24H19ClF6N4O5/c1-11(12-3-6-14(25)7-4-12)39-15-8-5-13(9-16(15)40-24(29,30)31)19-32-20-18(34(19)2)21(37)33-22(38)35(20)10-17(36)23(26,27)28/h3-9,11,17,36H,10H2,1-2H3,(H,33,37,38)/t11-,17-/m1/s1. The van der Waals surface area contributed by atoms with Gasteiger partial charge in [0.25, 0.3) is 5.56 Å². The predicted molar refractivity (Wildman–Crippen MR) is 130 cm³/mol. The third kappa shape index (κ3) is 6.09. The first kappa shape index (κ1) is 29.0. The van der Waals surface area contributed by atoms with Gasteiger partial charge in [-0.25, -0.2) is 9.78 Å².